The van der Waals surface area contributed by atoms with Crippen LogP contribution in [0, 0.1) is 18.3 Å². The van der Waals surface area contributed by atoms with E-state index >= 15 is 0 Å². The Bertz CT molecular complexity index is 1450. The highest BCUT2D eigenvalue weighted by molar-refractivity contribution is 6.12. The van der Waals surface area contributed by atoms with Crippen molar-refractivity contribution >= 4 is 41.3 Å². The number of pyridine rings is 1. The zero-order chi connectivity index (χ0) is 29.2. The van der Waals surface area contributed by atoms with Crippen molar-refractivity contribution in [2.75, 3.05) is 37.4 Å². The number of methoxy groups -OCH3 is 1. The van der Waals surface area contributed by atoms with Gasteiger partial charge in [0.1, 0.15) is 11.6 Å². The van der Waals surface area contributed by atoms with Crippen molar-refractivity contribution in [2.24, 2.45) is 10.9 Å². The van der Waals surface area contributed by atoms with E-state index in [1.165, 1.54) is 19.4 Å². The van der Waals surface area contributed by atoms with Crippen molar-refractivity contribution in [3.05, 3.63) is 77.5 Å². The number of ether oxygens (including phenoxy) is 2. The first-order chi connectivity index (χ1) is 19.9. The van der Waals surface area contributed by atoms with Gasteiger partial charge in [-0.15, -0.1) is 6.42 Å². The largest absolute Gasteiger partial charge is 0.497 e. The minimum Gasteiger partial charge on any atom is -0.497 e. The lowest BCUT2D eigenvalue weighted by Gasteiger charge is -2.29. The molecule has 0 atom stereocenters. The summed E-state index contributed by atoms with van der Waals surface area (Å²) in [6.07, 6.45) is 10.0. The Morgan fingerprint density at radius 1 is 1.07 bits per heavy atom. The van der Waals surface area contributed by atoms with Crippen LogP contribution in [0.5, 0.6) is 5.75 Å². The van der Waals surface area contributed by atoms with Gasteiger partial charge >= 0.3 is 5.97 Å². The van der Waals surface area contributed by atoms with Crippen molar-refractivity contribution < 1.29 is 23.9 Å². The van der Waals surface area contributed by atoms with Crippen LogP contribution in [0.1, 0.15) is 46.0 Å². The number of terminal acetylenes is 1. The summed E-state index contributed by atoms with van der Waals surface area (Å²) in [5, 5.41) is 5.51. The number of carbonyl (C=O) groups excluding carboxylic acids is 3. The van der Waals surface area contributed by atoms with E-state index in [4.69, 9.17) is 15.9 Å². The number of aromatic nitrogens is 1. The molecule has 0 radical (unpaired) electrons. The Morgan fingerprint density at radius 3 is 2.46 bits per heavy atom. The van der Waals surface area contributed by atoms with Gasteiger partial charge in [0.25, 0.3) is 11.8 Å². The van der Waals surface area contributed by atoms with Gasteiger partial charge in [-0.3, -0.25) is 14.4 Å². The zero-order valence-corrected chi connectivity index (χ0v) is 22.9. The highest BCUT2D eigenvalue weighted by Gasteiger charge is 2.25. The molecule has 1 aliphatic heterocycles. The molecule has 10 nitrogen and oxygen atoms in total. The minimum atomic E-state index is -0.476. The van der Waals surface area contributed by atoms with E-state index in [1.807, 2.05) is 6.92 Å². The van der Waals surface area contributed by atoms with Crippen LogP contribution in [0.15, 0.2) is 65.8 Å². The smallest absolute Gasteiger partial charge is 0.309 e. The number of benzene rings is 2. The first-order valence-corrected chi connectivity index (χ1v) is 13.2. The van der Waals surface area contributed by atoms with Crippen molar-refractivity contribution in [1.29, 1.82) is 0 Å². The molecular weight excluding hydrogens is 522 g/mol. The van der Waals surface area contributed by atoms with Gasteiger partial charge in [-0.05, 0) is 74.4 Å². The van der Waals surface area contributed by atoms with E-state index in [1.54, 1.807) is 54.9 Å². The van der Waals surface area contributed by atoms with Crippen molar-refractivity contribution in [3.8, 4) is 18.1 Å². The maximum atomic E-state index is 13.1. The average Bonchev–Trinajstić information content (AvgIpc) is 3.01. The fourth-order valence-corrected chi connectivity index (χ4v) is 4.24. The summed E-state index contributed by atoms with van der Waals surface area (Å²) in [5.74, 6) is 2.18. The van der Waals surface area contributed by atoms with E-state index in [0.29, 0.717) is 40.7 Å². The standard InChI is InChI=1S/C31H31N5O5/c1-4-21-6-13-28(32-19-21)35-30(38)26-18-25(40-3)11-12-27(26)34-29(37)22-7-9-24(10-8-22)33-20-36-16-14-23(15-17-36)31(39)41-5-2/h1,6-13,18-20,23H,5,14-17H2,2-3H3,(H,34,37)(H,32,35,38). The van der Waals surface area contributed by atoms with Crippen LogP contribution in [0.25, 0.3) is 0 Å². The van der Waals surface area contributed by atoms with Gasteiger partial charge in [0, 0.05) is 30.4 Å². The van der Waals surface area contributed by atoms with Crippen LogP contribution in [0.4, 0.5) is 17.2 Å². The van der Waals surface area contributed by atoms with Crippen molar-refractivity contribution in [3.63, 3.8) is 0 Å². The molecule has 3 aromatic rings. The number of hydrogen-bond acceptors (Lipinski definition) is 7. The Balaban J connectivity index is 1.39. The van der Waals surface area contributed by atoms with Gasteiger partial charge in [-0.1, -0.05) is 5.92 Å². The van der Waals surface area contributed by atoms with E-state index in [0.717, 1.165) is 25.9 Å². The minimum absolute atomic E-state index is 0.0632. The number of piperidine rings is 1. The Hall–Kier alpha value is -5.17. The summed E-state index contributed by atoms with van der Waals surface area (Å²) >= 11 is 0. The van der Waals surface area contributed by atoms with Crippen LogP contribution in [-0.4, -0.2) is 60.8 Å². The Labute approximate surface area is 238 Å². The second-order valence-electron chi connectivity index (χ2n) is 9.25. The highest BCUT2D eigenvalue weighted by Crippen LogP contribution is 2.25. The normalized spacial score (nSPS) is 13.3. The molecular formula is C31H31N5O5. The van der Waals surface area contributed by atoms with E-state index < -0.39 is 11.8 Å². The lowest BCUT2D eigenvalue weighted by atomic mass is 9.97. The number of anilines is 2. The summed E-state index contributed by atoms with van der Waals surface area (Å²) in [6, 6.07) is 14.9. The van der Waals surface area contributed by atoms with E-state index in [-0.39, 0.29) is 17.5 Å². The molecule has 2 N–H and O–H groups in total. The van der Waals surface area contributed by atoms with Crippen LogP contribution < -0.4 is 15.4 Å². The first kappa shape index (κ1) is 28.8. The molecule has 0 unspecified atom stereocenters. The van der Waals surface area contributed by atoms with Gasteiger partial charge in [0.15, 0.2) is 0 Å². The molecule has 2 amide bonds. The third-order valence-electron chi connectivity index (χ3n) is 6.54. The fraction of sp³-hybridized carbons (Fsp3) is 0.258. The molecule has 1 aromatic heterocycles. The maximum Gasteiger partial charge on any atom is 0.309 e. The SMILES string of the molecule is C#Cc1ccc(NC(=O)c2cc(OC)ccc2NC(=O)c2ccc(N=CN3CCC(C(=O)OCC)CC3)cc2)nc1. The number of nitrogens with one attached hydrogen (secondary N) is 2. The molecule has 1 aliphatic rings. The summed E-state index contributed by atoms with van der Waals surface area (Å²) in [6.45, 7) is 3.65. The van der Waals surface area contributed by atoms with E-state index in [9.17, 15) is 14.4 Å². The predicted octanol–water partition coefficient (Wildman–Crippen LogP) is 4.51. The first-order valence-electron chi connectivity index (χ1n) is 13.2. The number of aliphatic imine (C=N–C) groups is 1. The molecule has 4 rings (SSSR count). The molecule has 210 valence electrons. The number of likely N-dealkylation sites (tertiary alicyclic amines) is 1. The van der Waals surface area contributed by atoms with E-state index in [2.05, 4.69) is 31.4 Å². The molecule has 0 aliphatic carbocycles. The summed E-state index contributed by atoms with van der Waals surface area (Å²) in [5.41, 5.74) is 2.18. The van der Waals surface area contributed by atoms with Gasteiger partial charge in [-0.25, -0.2) is 9.98 Å². The molecule has 2 aromatic carbocycles. The van der Waals surface area contributed by atoms with Gasteiger partial charge < -0.3 is 25.0 Å². The molecule has 1 fully saturated rings. The second-order valence-corrected chi connectivity index (χ2v) is 9.25. The zero-order valence-electron chi connectivity index (χ0n) is 22.9. The molecule has 10 heteroatoms. The Morgan fingerprint density at radius 2 is 1.83 bits per heavy atom. The number of carbonyl (C=O) groups is 3. The molecule has 0 saturated carbocycles. The summed E-state index contributed by atoms with van der Waals surface area (Å²) in [4.78, 5) is 48.7. The molecule has 1 saturated heterocycles. The molecule has 41 heavy (non-hydrogen) atoms. The maximum absolute atomic E-state index is 13.1. The average molecular weight is 554 g/mol. The van der Waals surface area contributed by atoms with Gasteiger partial charge in [0.2, 0.25) is 0 Å². The Kier molecular flexibility index (Phi) is 9.67. The van der Waals surface area contributed by atoms with Crippen LogP contribution >= 0.6 is 0 Å². The third kappa shape index (κ3) is 7.70. The van der Waals surface area contributed by atoms with Crippen molar-refractivity contribution in [2.45, 2.75) is 19.8 Å². The van der Waals surface area contributed by atoms with Crippen LogP contribution in [0.3, 0.4) is 0 Å². The number of amides is 2. The second kappa shape index (κ2) is 13.8. The van der Waals surface area contributed by atoms with Gasteiger partial charge in [0.05, 0.1) is 42.9 Å². The summed E-state index contributed by atoms with van der Waals surface area (Å²) < 4.78 is 10.4. The number of hydrogen-bond donors (Lipinski definition) is 2. The highest BCUT2D eigenvalue weighted by atomic mass is 16.5. The third-order valence-corrected chi connectivity index (χ3v) is 6.54. The number of rotatable bonds is 9. The fourth-order valence-electron chi connectivity index (χ4n) is 4.24. The quantitative estimate of drug-likeness (QED) is 0.173. The number of esters is 1. The van der Waals surface area contributed by atoms with Gasteiger partial charge in [-0.2, -0.15) is 0 Å². The summed E-state index contributed by atoms with van der Waals surface area (Å²) in [7, 11) is 1.49. The lowest BCUT2D eigenvalue weighted by Crippen LogP contribution is -2.36. The topological polar surface area (TPSA) is 122 Å². The van der Waals surface area contributed by atoms with Crippen molar-refractivity contribution in [1.82, 2.24) is 9.88 Å². The van der Waals surface area contributed by atoms with Crippen LogP contribution in [-0.2, 0) is 9.53 Å². The monoisotopic (exact) mass is 553 g/mol. The molecule has 0 spiro atoms. The molecule has 0 bridgehead atoms. The van der Waals surface area contributed by atoms with Crippen LogP contribution in [0.2, 0.25) is 0 Å². The lowest BCUT2D eigenvalue weighted by molar-refractivity contribution is -0.149. The predicted molar refractivity (Wildman–Crippen MR) is 157 cm³/mol. The molecule has 2 heterocycles. The number of nitrogens with zero attached hydrogens (tertiary/aromatic N) is 3.